The zero-order valence-electron chi connectivity index (χ0n) is 19.3. The Kier molecular flexibility index (Phi) is 8.06. The van der Waals surface area contributed by atoms with Crippen LogP contribution < -0.4 is 9.64 Å². The summed E-state index contributed by atoms with van der Waals surface area (Å²) in [7, 11) is 1.82. The van der Waals surface area contributed by atoms with Crippen LogP contribution in [0.5, 0.6) is 5.75 Å². The summed E-state index contributed by atoms with van der Waals surface area (Å²) in [6.45, 7) is 8.17. The Balaban J connectivity index is 1.93. The highest BCUT2D eigenvalue weighted by atomic mass is 16.5. The number of para-hydroxylation sites is 1. The van der Waals surface area contributed by atoms with Gasteiger partial charge in [-0.2, -0.15) is 0 Å². The van der Waals surface area contributed by atoms with Gasteiger partial charge < -0.3 is 14.4 Å². The third-order valence-electron chi connectivity index (χ3n) is 5.22. The largest absolute Gasteiger partial charge is 0.493 e. The first kappa shape index (κ1) is 23.5. The minimum atomic E-state index is -0.284. The van der Waals surface area contributed by atoms with Crippen molar-refractivity contribution in [2.24, 2.45) is 5.92 Å². The van der Waals surface area contributed by atoms with Gasteiger partial charge in [0.25, 0.3) is 11.8 Å². The van der Waals surface area contributed by atoms with Crippen LogP contribution in [0.25, 0.3) is 5.57 Å². The monoisotopic (exact) mass is 436 g/mol. The van der Waals surface area contributed by atoms with Crippen LogP contribution >= 0.6 is 0 Å². The third-order valence-corrected chi connectivity index (χ3v) is 5.22. The van der Waals surface area contributed by atoms with Crippen molar-refractivity contribution in [3.8, 4) is 5.75 Å². The highest BCUT2D eigenvalue weighted by molar-refractivity contribution is 6.36. The Morgan fingerprint density at radius 1 is 0.969 bits per heavy atom. The van der Waals surface area contributed by atoms with Crippen LogP contribution in [0.2, 0.25) is 0 Å². The van der Waals surface area contributed by atoms with Crippen LogP contribution in [-0.2, 0) is 14.3 Å². The van der Waals surface area contributed by atoms with Crippen molar-refractivity contribution in [1.82, 2.24) is 4.90 Å². The molecule has 1 heterocycles. The number of amides is 2. The second-order valence-corrected chi connectivity index (χ2v) is 8.16. The van der Waals surface area contributed by atoms with Gasteiger partial charge in [0.15, 0.2) is 0 Å². The molecule has 2 aromatic carbocycles. The van der Waals surface area contributed by atoms with Gasteiger partial charge >= 0.3 is 0 Å². The van der Waals surface area contributed by atoms with Crippen LogP contribution in [0.3, 0.4) is 0 Å². The van der Waals surface area contributed by atoms with E-state index in [9.17, 15) is 9.59 Å². The Morgan fingerprint density at radius 2 is 1.66 bits per heavy atom. The van der Waals surface area contributed by atoms with Gasteiger partial charge in [-0.25, -0.2) is 0 Å². The SMILES string of the molecule is CCOCCCN1C(=O)C(c2ccc(OCC(C)C)cc2)=C(N(C)c2ccccc2)C1=O. The number of ether oxygens (including phenoxy) is 2. The van der Waals surface area contributed by atoms with Crippen LogP contribution in [0.1, 0.15) is 32.8 Å². The van der Waals surface area contributed by atoms with E-state index >= 15 is 0 Å². The predicted molar refractivity (Wildman–Crippen MR) is 126 cm³/mol. The van der Waals surface area contributed by atoms with E-state index in [0.717, 1.165) is 11.4 Å². The number of hydrogen-bond acceptors (Lipinski definition) is 5. The van der Waals surface area contributed by atoms with Crippen LogP contribution in [0, 0.1) is 5.92 Å². The van der Waals surface area contributed by atoms with Gasteiger partial charge in [0, 0.05) is 32.5 Å². The molecule has 0 aliphatic carbocycles. The average Bonchev–Trinajstić information content (AvgIpc) is 3.05. The zero-order valence-corrected chi connectivity index (χ0v) is 19.3. The topological polar surface area (TPSA) is 59.1 Å². The highest BCUT2D eigenvalue weighted by Gasteiger charge is 2.40. The highest BCUT2D eigenvalue weighted by Crippen LogP contribution is 2.34. The van der Waals surface area contributed by atoms with Crippen molar-refractivity contribution >= 4 is 23.1 Å². The first-order valence-electron chi connectivity index (χ1n) is 11.1. The summed E-state index contributed by atoms with van der Waals surface area (Å²) in [5, 5.41) is 0. The summed E-state index contributed by atoms with van der Waals surface area (Å²) < 4.78 is 11.2. The van der Waals surface area contributed by atoms with Crippen LogP contribution in [0.15, 0.2) is 60.3 Å². The minimum Gasteiger partial charge on any atom is -0.493 e. The Bertz CT molecular complexity index is 952. The summed E-state index contributed by atoms with van der Waals surface area (Å²) in [4.78, 5) is 29.9. The first-order chi connectivity index (χ1) is 15.4. The Morgan fingerprint density at radius 3 is 2.28 bits per heavy atom. The van der Waals surface area contributed by atoms with Gasteiger partial charge in [-0.15, -0.1) is 0 Å². The molecule has 0 N–H and O–H groups in total. The van der Waals surface area contributed by atoms with Gasteiger partial charge in [0.1, 0.15) is 11.4 Å². The summed E-state index contributed by atoms with van der Waals surface area (Å²) in [5.74, 6) is 0.599. The van der Waals surface area contributed by atoms with E-state index < -0.39 is 0 Å². The summed E-state index contributed by atoms with van der Waals surface area (Å²) in [6.07, 6.45) is 0.600. The van der Waals surface area contributed by atoms with E-state index in [-0.39, 0.29) is 11.8 Å². The van der Waals surface area contributed by atoms with Gasteiger partial charge in [0.2, 0.25) is 0 Å². The maximum Gasteiger partial charge on any atom is 0.278 e. The molecule has 6 nitrogen and oxygen atoms in total. The smallest absolute Gasteiger partial charge is 0.278 e. The molecule has 1 aliphatic rings. The van der Waals surface area contributed by atoms with E-state index in [0.29, 0.717) is 55.5 Å². The van der Waals surface area contributed by atoms with Crippen molar-refractivity contribution in [3.05, 3.63) is 65.9 Å². The second kappa shape index (κ2) is 11.0. The number of imide groups is 1. The summed E-state index contributed by atoms with van der Waals surface area (Å²) in [6, 6.07) is 17.0. The minimum absolute atomic E-state index is 0.278. The fourth-order valence-corrected chi connectivity index (χ4v) is 3.57. The van der Waals surface area contributed by atoms with Crippen molar-refractivity contribution in [2.75, 3.05) is 38.3 Å². The van der Waals surface area contributed by atoms with E-state index in [1.807, 2.05) is 68.6 Å². The van der Waals surface area contributed by atoms with E-state index in [4.69, 9.17) is 9.47 Å². The van der Waals surface area contributed by atoms with Gasteiger partial charge in [-0.3, -0.25) is 14.5 Å². The molecule has 0 radical (unpaired) electrons. The molecule has 6 heteroatoms. The maximum atomic E-state index is 13.4. The van der Waals surface area contributed by atoms with E-state index in [1.165, 1.54) is 4.90 Å². The third kappa shape index (κ3) is 5.37. The predicted octanol–water partition coefficient (Wildman–Crippen LogP) is 4.36. The molecule has 0 bridgehead atoms. The number of likely N-dealkylation sites (N-methyl/N-ethyl adjacent to an activating group) is 1. The van der Waals surface area contributed by atoms with Crippen molar-refractivity contribution < 1.29 is 19.1 Å². The fraction of sp³-hybridized carbons (Fsp3) is 0.385. The standard InChI is InChI=1S/C26H32N2O4/c1-5-31-17-9-16-28-25(29)23(20-12-14-22(15-13-20)32-18-19(2)3)24(26(28)30)27(4)21-10-7-6-8-11-21/h6-8,10-15,19H,5,9,16-18H2,1-4H3. The number of anilines is 1. The number of hydrogen-bond donors (Lipinski definition) is 0. The second-order valence-electron chi connectivity index (χ2n) is 8.16. The lowest BCUT2D eigenvalue weighted by Crippen LogP contribution is -2.35. The lowest BCUT2D eigenvalue weighted by Gasteiger charge is -2.21. The van der Waals surface area contributed by atoms with E-state index in [1.54, 1.807) is 4.90 Å². The lowest BCUT2D eigenvalue weighted by molar-refractivity contribution is -0.137. The molecule has 3 rings (SSSR count). The summed E-state index contributed by atoms with van der Waals surface area (Å²) >= 11 is 0. The van der Waals surface area contributed by atoms with Gasteiger partial charge in [-0.05, 0) is 49.1 Å². The van der Waals surface area contributed by atoms with Crippen LogP contribution in [0.4, 0.5) is 5.69 Å². The molecular formula is C26H32N2O4. The average molecular weight is 437 g/mol. The lowest BCUT2D eigenvalue weighted by atomic mass is 10.0. The molecule has 170 valence electrons. The molecular weight excluding hydrogens is 404 g/mol. The number of nitrogens with zero attached hydrogens (tertiary/aromatic N) is 2. The Labute approximate surface area is 190 Å². The van der Waals surface area contributed by atoms with Crippen LogP contribution in [-0.4, -0.2) is 50.1 Å². The summed E-state index contributed by atoms with van der Waals surface area (Å²) in [5.41, 5.74) is 2.33. The van der Waals surface area contributed by atoms with Gasteiger partial charge in [0.05, 0.1) is 12.2 Å². The fourth-order valence-electron chi connectivity index (χ4n) is 3.57. The molecule has 32 heavy (non-hydrogen) atoms. The molecule has 2 amide bonds. The number of carbonyl (C=O) groups excluding carboxylic acids is 2. The van der Waals surface area contributed by atoms with Crippen molar-refractivity contribution in [2.45, 2.75) is 27.2 Å². The molecule has 1 aliphatic heterocycles. The van der Waals surface area contributed by atoms with Crippen molar-refractivity contribution in [3.63, 3.8) is 0 Å². The molecule has 0 atom stereocenters. The quantitative estimate of drug-likeness (QED) is 0.387. The number of carbonyl (C=O) groups is 2. The molecule has 0 saturated carbocycles. The molecule has 0 aromatic heterocycles. The first-order valence-corrected chi connectivity index (χ1v) is 11.1. The molecule has 0 unspecified atom stereocenters. The molecule has 0 spiro atoms. The number of benzene rings is 2. The normalized spacial score (nSPS) is 14.0. The maximum absolute atomic E-state index is 13.4. The van der Waals surface area contributed by atoms with E-state index in [2.05, 4.69) is 13.8 Å². The Hall–Kier alpha value is -3.12. The van der Waals surface area contributed by atoms with Gasteiger partial charge in [-0.1, -0.05) is 44.2 Å². The van der Waals surface area contributed by atoms with Crippen molar-refractivity contribution in [1.29, 1.82) is 0 Å². The zero-order chi connectivity index (χ0) is 23.1. The molecule has 0 saturated heterocycles. The molecule has 2 aromatic rings. The number of rotatable bonds is 11. The molecule has 0 fully saturated rings.